The summed E-state index contributed by atoms with van der Waals surface area (Å²) in [6.45, 7) is 5.19. The van der Waals surface area contributed by atoms with Crippen molar-refractivity contribution in [3.63, 3.8) is 0 Å². The monoisotopic (exact) mass is 324 g/mol. The Morgan fingerprint density at radius 2 is 2.14 bits per heavy atom. The average molecular weight is 325 g/mol. The van der Waals surface area contributed by atoms with Crippen molar-refractivity contribution in [1.82, 2.24) is 10.2 Å². The van der Waals surface area contributed by atoms with Crippen LogP contribution in [0.2, 0.25) is 0 Å². The van der Waals surface area contributed by atoms with Gasteiger partial charge in [-0.05, 0) is 31.2 Å². The molecule has 4 nitrogen and oxygen atoms in total. The number of benzene rings is 1. The fraction of sp³-hybridized carbons (Fsp3) is 0.588. The summed E-state index contributed by atoms with van der Waals surface area (Å²) in [4.78, 5) is 14.6. The highest BCUT2D eigenvalue weighted by Gasteiger charge is 2.35. The molecule has 1 amide bonds. The Hall–Kier alpha value is -1.10. The smallest absolute Gasteiger partial charge is 0.242 e. The predicted octanol–water partition coefficient (Wildman–Crippen LogP) is 1.88. The van der Waals surface area contributed by atoms with Crippen LogP contribution in [0.3, 0.4) is 0 Å². The first kappa shape index (κ1) is 17.3. The Kier molecular flexibility index (Phi) is 6.24. The molecule has 2 aliphatic heterocycles. The van der Waals surface area contributed by atoms with E-state index in [0.717, 1.165) is 32.5 Å². The Bertz CT molecular complexity index is 483. The third-order valence-electron chi connectivity index (χ3n) is 4.55. The largest absolute Gasteiger partial charge is 0.375 e. The SMILES string of the molecule is C[C@H]1OCCN[C@@H]1C(=O)N1CCC(Cc2ccccc2)C1.Cl. The van der Waals surface area contributed by atoms with Crippen LogP contribution in [0.15, 0.2) is 30.3 Å². The van der Waals surface area contributed by atoms with Gasteiger partial charge in [0.05, 0.1) is 12.7 Å². The second kappa shape index (κ2) is 7.95. The molecule has 0 bridgehead atoms. The maximum Gasteiger partial charge on any atom is 0.242 e. The maximum atomic E-state index is 12.6. The molecule has 2 aliphatic rings. The van der Waals surface area contributed by atoms with Crippen molar-refractivity contribution < 1.29 is 9.53 Å². The van der Waals surface area contributed by atoms with Crippen molar-refractivity contribution in [2.75, 3.05) is 26.2 Å². The van der Waals surface area contributed by atoms with E-state index >= 15 is 0 Å². The first-order valence-electron chi connectivity index (χ1n) is 7.92. The van der Waals surface area contributed by atoms with Gasteiger partial charge in [0.2, 0.25) is 5.91 Å². The van der Waals surface area contributed by atoms with Crippen molar-refractivity contribution >= 4 is 18.3 Å². The first-order chi connectivity index (χ1) is 10.2. The van der Waals surface area contributed by atoms with E-state index in [-0.39, 0.29) is 30.5 Å². The van der Waals surface area contributed by atoms with E-state index in [1.54, 1.807) is 0 Å². The van der Waals surface area contributed by atoms with Gasteiger partial charge in [0.15, 0.2) is 0 Å². The van der Waals surface area contributed by atoms with Crippen LogP contribution >= 0.6 is 12.4 Å². The minimum atomic E-state index is -0.172. The van der Waals surface area contributed by atoms with Gasteiger partial charge < -0.3 is 15.0 Å². The van der Waals surface area contributed by atoms with Crippen LogP contribution in [0, 0.1) is 5.92 Å². The molecular formula is C17H25ClN2O2. The average Bonchev–Trinajstić information content (AvgIpc) is 2.97. The summed E-state index contributed by atoms with van der Waals surface area (Å²) < 4.78 is 5.58. The Balaban J connectivity index is 0.00000176. The van der Waals surface area contributed by atoms with Crippen LogP contribution in [0.5, 0.6) is 0 Å². The van der Waals surface area contributed by atoms with E-state index < -0.39 is 0 Å². The van der Waals surface area contributed by atoms with Gasteiger partial charge in [-0.2, -0.15) is 0 Å². The van der Waals surface area contributed by atoms with E-state index in [4.69, 9.17) is 4.74 Å². The first-order valence-corrected chi connectivity index (χ1v) is 7.92. The molecule has 2 heterocycles. The number of likely N-dealkylation sites (tertiary alicyclic amines) is 1. The highest BCUT2D eigenvalue weighted by molar-refractivity contribution is 5.85. The number of nitrogens with zero attached hydrogens (tertiary/aromatic N) is 1. The molecule has 0 radical (unpaired) electrons. The molecular weight excluding hydrogens is 300 g/mol. The summed E-state index contributed by atoms with van der Waals surface area (Å²) in [5, 5.41) is 3.29. The van der Waals surface area contributed by atoms with Crippen LogP contribution in [0.1, 0.15) is 18.9 Å². The molecule has 2 fully saturated rings. The number of halogens is 1. The van der Waals surface area contributed by atoms with Crippen LogP contribution in [0.25, 0.3) is 0 Å². The number of hydrogen-bond donors (Lipinski definition) is 1. The molecule has 0 aromatic heterocycles. The van der Waals surface area contributed by atoms with Gasteiger partial charge in [-0.25, -0.2) is 0 Å². The molecule has 0 spiro atoms. The van der Waals surface area contributed by atoms with Crippen LogP contribution < -0.4 is 5.32 Å². The molecule has 122 valence electrons. The van der Waals surface area contributed by atoms with E-state index in [1.807, 2.05) is 17.9 Å². The molecule has 1 unspecified atom stereocenters. The lowest BCUT2D eigenvalue weighted by Crippen LogP contribution is -2.56. The maximum absolute atomic E-state index is 12.6. The molecule has 1 N–H and O–H groups in total. The number of carbonyl (C=O) groups excluding carboxylic acids is 1. The van der Waals surface area contributed by atoms with Crippen molar-refractivity contribution in [1.29, 1.82) is 0 Å². The fourth-order valence-corrected chi connectivity index (χ4v) is 3.35. The van der Waals surface area contributed by atoms with Crippen molar-refractivity contribution in [3.8, 4) is 0 Å². The number of ether oxygens (including phenoxy) is 1. The van der Waals surface area contributed by atoms with Gasteiger partial charge in [0.25, 0.3) is 0 Å². The highest BCUT2D eigenvalue weighted by atomic mass is 35.5. The van der Waals surface area contributed by atoms with Gasteiger partial charge in [-0.3, -0.25) is 4.79 Å². The number of amides is 1. The molecule has 2 saturated heterocycles. The van der Waals surface area contributed by atoms with Crippen LogP contribution in [-0.2, 0) is 16.0 Å². The third-order valence-corrected chi connectivity index (χ3v) is 4.55. The summed E-state index contributed by atoms with van der Waals surface area (Å²) >= 11 is 0. The zero-order valence-electron chi connectivity index (χ0n) is 13.0. The van der Waals surface area contributed by atoms with Gasteiger partial charge in [0.1, 0.15) is 6.04 Å². The Morgan fingerprint density at radius 1 is 1.36 bits per heavy atom. The minimum Gasteiger partial charge on any atom is -0.375 e. The Morgan fingerprint density at radius 3 is 2.86 bits per heavy atom. The highest BCUT2D eigenvalue weighted by Crippen LogP contribution is 2.22. The minimum absolute atomic E-state index is 0. The lowest BCUT2D eigenvalue weighted by atomic mass is 9.99. The zero-order chi connectivity index (χ0) is 14.7. The van der Waals surface area contributed by atoms with Crippen molar-refractivity contribution in [2.45, 2.75) is 31.9 Å². The predicted molar refractivity (Wildman–Crippen MR) is 89.3 cm³/mol. The van der Waals surface area contributed by atoms with E-state index in [1.165, 1.54) is 5.56 Å². The molecule has 3 atom stereocenters. The second-order valence-corrected chi connectivity index (χ2v) is 6.14. The van der Waals surface area contributed by atoms with Gasteiger partial charge >= 0.3 is 0 Å². The summed E-state index contributed by atoms with van der Waals surface area (Å²) in [6.07, 6.45) is 2.14. The summed E-state index contributed by atoms with van der Waals surface area (Å²) in [5.74, 6) is 0.786. The lowest BCUT2D eigenvalue weighted by Gasteiger charge is -2.32. The summed E-state index contributed by atoms with van der Waals surface area (Å²) in [7, 11) is 0. The molecule has 0 saturated carbocycles. The quantitative estimate of drug-likeness (QED) is 0.923. The fourth-order valence-electron chi connectivity index (χ4n) is 3.35. The van der Waals surface area contributed by atoms with Gasteiger partial charge in [-0.15, -0.1) is 12.4 Å². The molecule has 1 aromatic carbocycles. The van der Waals surface area contributed by atoms with Crippen LogP contribution in [0.4, 0.5) is 0 Å². The topological polar surface area (TPSA) is 41.6 Å². The van der Waals surface area contributed by atoms with Crippen molar-refractivity contribution in [2.24, 2.45) is 5.92 Å². The molecule has 5 heteroatoms. The third kappa shape index (κ3) is 4.00. The summed E-state index contributed by atoms with van der Waals surface area (Å²) in [6, 6.07) is 10.4. The van der Waals surface area contributed by atoms with Crippen molar-refractivity contribution in [3.05, 3.63) is 35.9 Å². The number of rotatable bonds is 3. The van der Waals surface area contributed by atoms with E-state index in [9.17, 15) is 4.79 Å². The number of hydrogen-bond acceptors (Lipinski definition) is 3. The number of morpholine rings is 1. The Labute approximate surface area is 138 Å². The molecule has 22 heavy (non-hydrogen) atoms. The summed E-state index contributed by atoms with van der Waals surface area (Å²) in [5.41, 5.74) is 1.37. The number of nitrogens with one attached hydrogen (secondary N) is 1. The van der Waals surface area contributed by atoms with E-state index in [0.29, 0.717) is 12.5 Å². The zero-order valence-corrected chi connectivity index (χ0v) is 13.8. The molecule has 0 aliphatic carbocycles. The van der Waals surface area contributed by atoms with Crippen LogP contribution in [-0.4, -0.2) is 49.2 Å². The lowest BCUT2D eigenvalue weighted by molar-refractivity contribution is -0.138. The standard InChI is InChI=1S/C17H24N2O2.ClH/c1-13-16(18-8-10-21-13)17(20)19-9-7-15(12-19)11-14-5-3-2-4-6-14;/h2-6,13,15-16,18H,7-12H2,1H3;1H/t13-,15?,16+;/m1./s1. The van der Waals surface area contributed by atoms with Gasteiger partial charge in [-0.1, -0.05) is 30.3 Å². The molecule has 3 rings (SSSR count). The normalized spacial score (nSPS) is 28.2. The second-order valence-electron chi connectivity index (χ2n) is 6.14. The van der Waals surface area contributed by atoms with Gasteiger partial charge in [0, 0.05) is 19.6 Å². The number of carbonyl (C=O) groups is 1. The molecule has 1 aromatic rings. The van der Waals surface area contributed by atoms with E-state index in [2.05, 4.69) is 29.6 Å².